The van der Waals surface area contributed by atoms with Gasteiger partial charge in [0.15, 0.2) is 0 Å². The van der Waals surface area contributed by atoms with E-state index in [1.165, 1.54) is 7.11 Å². The Labute approximate surface area is 95.6 Å². The van der Waals surface area contributed by atoms with Crippen molar-refractivity contribution in [1.82, 2.24) is 10.2 Å². The van der Waals surface area contributed by atoms with E-state index in [9.17, 15) is 9.59 Å². The molecule has 2 amide bonds. The fraction of sp³-hybridized carbons (Fsp3) is 0.800. The first-order valence-electron chi connectivity index (χ1n) is 5.00. The molecule has 6 nitrogen and oxygen atoms in total. The van der Waals surface area contributed by atoms with Crippen LogP contribution in [-0.4, -0.2) is 47.4 Å². The summed E-state index contributed by atoms with van der Waals surface area (Å²) in [6, 6.07) is -0.757. The molecule has 0 saturated heterocycles. The second-order valence-corrected chi connectivity index (χ2v) is 4.47. The third kappa shape index (κ3) is 4.06. The van der Waals surface area contributed by atoms with E-state index in [1.54, 1.807) is 27.7 Å². The van der Waals surface area contributed by atoms with Crippen LogP contribution in [0.3, 0.4) is 0 Å². The van der Waals surface area contributed by atoms with Gasteiger partial charge in [0.2, 0.25) is 5.91 Å². The third-order valence-corrected chi connectivity index (χ3v) is 2.09. The number of hydrogen-bond donors (Lipinski definition) is 2. The molecule has 1 atom stereocenters. The van der Waals surface area contributed by atoms with Crippen molar-refractivity contribution in [3.63, 3.8) is 0 Å². The molecule has 2 N–H and O–H groups in total. The summed E-state index contributed by atoms with van der Waals surface area (Å²) in [6.45, 7) is 6.83. The number of hydrogen-bond acceptors (Lipinski definition) is 3. The number of nitrogens with one attached hydrogen (secondary N) is 1. The van der Waals surface area contributed by atoms with Gasteiger partial charge >= 0.3 is 6.09 Å². The molecule has 0 radical (unpaired) electrons. The molecule has 0 aliphatic rings. The normalized spacial score (nSPS) is 13.1. The molecule has 0 aromatic heterocycles. The van der Waals surface area contributed by atoms with Gasteiger partial charge in [0.1, 0.15) is 12.8 Å². The number of methoxy groups -OCH3 is 1. The van der Waals surface area contributed by atoms with Crippen molar-refractivity contribution >= 4 is 12.0 Å². The number of nitrogens with zero attached hydrogens (tertiary/aromatic N) is 1. The monoisotopic (exact) mass is 232 g/mol. The molecule has 16 heavy (non-hydrogen) atoms. The SMILES string of the molecule is COCNC(=O)C(C)N(C(=O)O)C(C)(C)C. The van der Waals surface area contributed by atoms with Crippen molar-refractivity contribution < 1.29 is 19.4 Å². The predicted molar refractivity (Wildman–Crippen MR) is 59.1 cm³/mol. The number of ether oxygens (including phenoxy) is 1. The number of rotatable bonds is 4. The Kier molecular flexibility index (Phi) is 5.23. The second-order valence-electron chi connectivity index (χ2n) is 4.47. The van der Waals surface area contributed by atoms with Crippen LogP contribution in [-0.2, 0) is 9.53 Å². The zero-order valence-electron chi connectivity index (χ0n) is 10.4. The highest BCUT2D eigenvalue weighted by molar-refractivity contribution is 5.85. The van der Waals surface area contributed by atoms with Crippen molar-refractivity contribution in [3.05, 3.63) is 0 Å². The van der Waals surface area contributed by atoms with Crippen LogP contribution in [0.2, 0.25) is 0 Å². The highest BCUT2D eigenvalue weighted by Crippen LogP contribution is 2.17. The van der Waals surface area contributed by atoms with Gasteiger partial charge in [-0.2, -0.15) is 0 Å². The van der Waals surface area contributed by atoms with Crippen molar-refractivity contribution in [3.8, 4) is 0 Å². The first-order chi connectivity index (χ1) is 7.21. The molecule has 0 rings (SSSR count). The van der Waals surface area contributed by atoms with E-state index in [0.29, 0.717) is 0 Å². The summed E-state index contributed by atoms with van der Waals surface area (Å²) in [5.41, 5.74) is -0.629. The summed E-state index contributed by atoms with van der Waals surface area (Å²) < 4.78 is 4.69. The second kappa shape index (κ2) is 5.69. The largest absolute Gasteiger partial charge is 0.465 e. The zero-order valence-corrected chi connectivity index (χ0v) is 10.4. The van der Waals surface area contributed by atoms with Crippen LogP contribution in [0.25, 0.3) is 0 Å². The molecule has 0 fully saturated rings. The maximum atomic E-state index is 11.6. The van der Waals surface area contributed by atoms with Crippen molar-refractivity contribution in [2.75, 3.05) is 13.8 Å². The molecular formula is C10H20N2O4. The van der Waals surface area contributed by atoms with Crippen molar-refractivity contribution in [2.24, 2.45) is 0 Å². The molecule has 0 aliphatic carbocycles. The minimum Gasteiger partial charge on any atom is -0.465 e. The summed E-state index contributed by atoms with van der Waals surface area (Å²) in [5.74, 6) is -0.376. The molecule has 94 valence electrons. The highest BCUT2D eigenvalue weighted by Gasteiger charge is 2.34. The minimum absolute atomic E-state index is 0.0702. The summed E-state index contributed by atoms with van der Waals surface area (Å²) in [6.07, 6.45) is -1.12. The molecule has 0 aromatic carbocycles. The Hall–Kier alpha value is -1.30. The van der Waals surface area contributed by atoms with E-state index >= 15 is 0 Å². The van der Waals surface area contributed by atoms with Crippen LogP contribution in [0.5, 0.6) is 0 Å². The van der Waals surface area contributed by atoms with E-state index < -0.39 is 17.7 Å². The molecule has 1 unspecified atom stereocenters. The van der Waals surface area contributed by atoms with Gasteiger partial charge in [-0.3, -0.25) is 9.69 Å². The third-order valence-electron chi connectivity index (χ3n) is 2.09. The molecule has 0 aromatic rings. The first-order valence-corrected chi connectivity index (χ1v) is 5.00. The highest BCUT2D eigenvalue weighted by atomic mass is 16.5. The van der Waals surface area contributed by atoms with E-state index in [2.05, 4.69) is 5.32 Å². The van der Waals surface area contributed by atoms with Gasteiger partial charge in [0.05, 0.1) is 0 Å². The summed E-state index contributed by atoms with van der Waals surface area (Å²) in [5, 5.41) is 11.5. The number of carbonyl (C=O) groups excluding carboxylic acids is 1. The van der Waals surface area contributed by atoms with E-state index in [4.69, 9.17) is 9.84 Å². The van der Waals surface area contributed by atoms with E-state index in [1.807, 2.05) is 0 Å². The lowest BCUT2D eigenvalue weighted by atomic mass is 10.0. The smallest absolute Gasteiger partial charge is 0.408 e. The Morgan fingerprint density at radius 1 is 1.44 bits per heavy atom. The lowest BCUT2D eigenvalue weighted by Gasteiger charge is -2.37. The average Bonchev–Trinajstić information content (AvgIpc) is 2.10. The lowest BCUT2D eigenvalue weighted by molar-refractivity contribution is -0.128. The summed E-state index contributed by atoms with van der Waals surface area (Å²) in [4.78, 5) is 23.8. The van der Waals surface area contributed by atoms with Crippen LogP contribution < -0.4 is 5.32 Å². The van der Waals surface area contributed by atoms with Gasteiger partial charge in [-0.1, -0.05) is 0 Å². The maximum Gasteiger partial charge on any atom is 0.408 e. The standard InChI is InChI=1S/C10H20N2O4/c1-7(8(13)11-6-16-5)12(9(14)15)10(2,3)4/h7H,6H2,1-5H3,(H,11,13)(H,14,15). The fourth-order valence-electron chi connectivity index (χ4n) is 1.44. The van der Waals surface area contributed by atoms with Crippen LogP contribution in [0.15, 0.2) is 0 Å². The number of carbonyl (C=O) groups is 2. The maximum absolute atomic E-state index is 11.6. The fourth-order valence-corrected chi connectivity index (χ4v) is 1.44. The molecular weight excluding hydrogens is 212 g/mol. The Bertz CT molecular complexity index is 260. The van der Waals surface area contributed by atoms with E-state index in [0.717, 1.165) is 4.90 Å². The summed E-state index contributed by atoms with van der Waals surface area (Å²) >= 11 is 0. The van der Waals surface area contributed by atoms with Crippen LogP contribution in [0, 0.1) is 0 Å². The van der Waals surface area contributed by atoms with Gasteiger partial charge in [0.25, 0.3) is 0 Å². The van der Waals surface area contributed by atoms with Gasteiger partial charge in [-0.25, -0.2) is 4.79 Å². The predicted octanol–water partition coefficient (Wildman–Crippen LogP) is 0.873. The minimum atomic E-state index is -1.12. The van der Waals surface area contributed by atoms with Gasteiger partial charge in [-0.05, 0) is 27.7 Å². The topological polar surface area (TPSA) is 78.9 Å². The number of carboxylic acid groups (broad SMARTS) is 1. The zero-order chi connectivity index (χ0) is 12.9. The molecule has 0 spiro atoms. The van der Waals surface area contributed by atoms with E-state index in [-0.39, 0.29) is 12.6 Å². The summed E-state index contributed by atoms with van der Waals surface area (Å²) in [7, 11) is 1.45. The van der Waals surface area contributed by atoms with Crippen molar-refractivity contribution in [1.29, 1.82) is 0 Å². The van der Waals surface area contributed by atoms with Crippen LogP contribution in [0.4, 0.5) is 4.79 Å². The Morgan fingerprint density at radius 3 is 2.25 bits per heavy atom. The lowest BCUT2D eigenvalue weighted by Crippen LogP contribution is -2.55. The van der Waals surface area contributed by atoms with Crippen LogP contribution in [0.1, 0.15) is 27.7 Å². The van der Waals surface area contributed by atoms with Gasteiger partial charge < -0.3 is 15.2 Å². The molecule has 0 heterocycles. The molecule has 0 aliphatic heterocycles. The Morgan fingerprint density at radius 2 is 1.94 bits per heavy atom. The van der Waals surface area contributed by atoms with Crippen molar-refractivity contribution in [2.45, 2.75) is 39.3 Å². The Balaban J connectivity index is 4.69. The molecule has 0 bridgehead atoms. The molecule has 0 saturated carbocycles. The molecule has 6 heteroatoms. The first kappa shape index (κ1) is 14.7. The van der Waals surface area contributed by atoms with Gasteiger partial charge in [-0.15, -0.1) is 0 Å². The van der Waals surface area contributed by atoms with Gasteiger partial charge in [0, 0.05) is 12.6 Å². The number of amides is 2. The average molecular weight is 232 g/mol. The van der Waals surface area contributed by atoms with Crippen LogP contribution >= 0.6 is 0 Å². The quantitative estimate of drug-likeness (QED) is 0.705.